The molecule has 108 valence electrons. The van der Waals surface area contributed by atoms with Crippen LogP contribution in [-0.4, -0.2) is 40.6 Å². The normalized spacial score (nSPS) is 11.7. The maximum atomic E-state index is 13.3. The molecule has 1 aromatic carbocycles. The zero-order valence-electron chi connectivity index (χ0n) is 10.8. The molecule has 0 aliphatic rings. The van der Waals surface area contributed by atoms with E-state index >= 15 is 0 Å². The standard InChI is InChI=1S/C11H14FN5O2S/c1-20(18,19)6-2-5-17-11(14-15-16-17)9-7-8(12)3-4-10(9)13/h3-4,7H,2,5-6,13H2,1H3. The molecule has 0 unspecified atom stereocenters. The minimum absolute atomic E-state index is 0.0327. The van der Waals surface area contributed by atoms with E-state index in [0.717, 1.165) is 6.26 Å². The Balaban J connectivity index is 2.22. The minimum Gasteiger partial charge on any atom is -0.398 e. The fraction of sp³-hybridized carbons (Fsp3) is 0.364. The Bertz CT molecular complexity index is 713. The molecular formula is C11H14FN5O2S. The van der Waals surface area contributed by atoms with Crippen molar-refractivity contribution in [1.29, 1.82) is 0 Å². The van der Waals surface area contributed by atoms with Crippen molar-refractivity contribution in [2.45, 2.75) is 13.0 Å². The average molecular weight is 299 g/mol. The molecule has 9 heteroatoms. The number of aryl methyl sites for hydroxylation is 1. The summed E-state index contributed by atoms with van der Waals surface area (Å²) in [5.41, 5.74) is 6.51. The topological polar surface area (TPSA) is 104 Å². The lowest BCUT2D eigenvalue weighted by molar-refractivity contribution is 0.567. The number of rotatable bonds is 5. The highest BCUT2D eigenvalue weighted by Gasteiger charge is 2.13. The Kier molecular flexibility index (Phi) is 3.98. The van der Waals surface area contributed by atoms with Gasteiger partial charge in [0, 0.05) is 24.1 Å². The summed E-state index contributed by atoms with van der Waals surface area (Å²) in [6.45, 7) is 0.311. The summed E-state index contributed by atoms with van der Waals surface area (Å²) in [4.78, 5) is 0. The molecule has 20 heavy (non-hydrogen) atoms. The van der Waals surface area contributed by atoms with Crippen LogP contribution in [0, 0.1) is 5.82 Å². The van der Waals surface area contributed by atoms with Gasteiger partial charge in [-0.1, -0.05) is 0 Å². The number of hydrogen-bond acceptors (Lipinski definition) is 6. The second-order valence-electron chi connectivity index (χ2n) is 4.44. The first-order valence-corrected chi connectivity index (χ1v) is 7.92. The molecule has 2 N–H and O–H groups in total. The number of halogens is 1. The van der Waals surface area contributed by atoms with Gasteiger partial charge in [-0.25, -0.2) is 17.5 Å². The first-order chi connectivity index (χ1) is 9.37. The van der Waals surface area contributed by atoms with Crippen LogP contribution in [0.2, 0.25) is 0 Å². The monoisotopic (exact) mass is 299 g/mol. The first-order valence-electron chi connectivity index (χ1n) is 5.86. The highest BCUT2D eigenvalue weighted by atomic mass is 32.2. The van der Waals surface area contributed by atoms with Gasteiger partial charge in [0.15, 0.2) is 5.82 Å². The number of nitrogens with two attached hydrogens (primary N) is 1. The number of sulfone groups is 1. The van der Waals surface area contributed by atoms with Crippen LogP contribution in [-0.2, 0) is 16.4 Å². The van der Waals surface area contributed by atoms with Crippen LogP contribution < -0.4 is 5.73 Å². The Morgan fingerprint density at radius 1 is 1.40 bits per heavy atom. The van der Waals surface area contributed by atoms with E-state index in [9.17, 15) is 12.8 Å². The van der Waals surface area contributed by atoms with E-state index in [1.807, 2.05) is 0 Å². The summed E-state index contributed by atoms with van der Waals surface area (Å²) in [7, 11) is -3.04. The van der Waals surface area contributed by atoms with Gasteiger partial charge in [0.25, 0.3) is 0 Å². The van der Waals surface area contributed by atoms with Crippen LogP contribution in [0.15, 0.2) is 18.2 Å². The van der Waals surface area contributed by atoms with Gasteiger partial charge in [-0.2, -0.15) is 0 Å². The van der Waals surface area contributed by atoms with Crippen LogP contribution in [0.1, 0.15) is 6.42 Å². The van der Waals surface area contributed by atoms with E-state index in [1.165, 1.54) is 22.9 Å². The van der Waals surface area contributed by atoms with Gasteiger partial charge in [-0.05, 0) is 35.0 Å². The Morgan fingerprint density at radius 3 is 2.85 bits per heavy atom. The molecule has 0 aliphatic carbocycles. The molecule has 0 saturated carbocycles. The third kappa shape index (κ3) is 3.50. The summed E-state index contributed by atoms with van der Waals surface area (Å²) >= 11 is 0. The van der Waals surface area contributed by atoms with Crippen molar-refractivity contribution < 1.29 is 12.8 Å². The number of hydrogen-bond donors (Lipinski definition) is 1. The molecule has 0 saturated heterocycles. The predicted octanol–water partition coefficient (Wildman–Crippen LogP) is 0.496. The second-order valence-corrected chi connectivity index (χ2v) is 6.70. The van der Waals surface area contributed by atoms with Crippen molar-refractivity contribution in [2.24, 2.45) is 0 Å². The number of anilines is 1. The third-order valence-electron chi connectivity index (χ3n) is 2.67. The Hall–Kier alpha value is -2.03. The summed E-state index contributed by atoms with van der Waals surface area (Å²) in [6.07, 6.45) is 1.53. The molecule has 2 aromatic rings. The molecule has 0 amide bonds. The van der Waals surface area contributed by atoms with Gasteiger partial charge >= 0.3 is 0 Å². The van der Waals surface area contributed by atoms with Crippen LogP contribution in [0.4, 0.5) is 10.1 Å². The van der Waals surface area contributed by atoms with Gasteiger partial charge in [0.1, 0.15) is 15.7 Å². The molecular weight excluding hydrogens is 285 g/mol. The van der Waals surface area contributed by atoms with Crippen LogP contribution in [0.5, 0.6) is 0 Å². The zero-order chi connectivity index (χ0) is 14.8. The van der Waals surface area contributed by atoms with E-state index in [1.54, 1.807) is 0 Å². The van der Waals surface area contributed by atoms with Gasteiger partial charge in [0.2, 0.25) is 0 Å². The zero-order valence-corrected chi connectivity index (χ0v) is 11.6. The highest BCUT2D eigenvalue weighted by molar-refractivity contribution is 7.90. The fourth-order valence-corrected chi connectivity index (χ4v) is 2.40. The lowest BCUT2D eigenvalue weighted by Gasteiger charge is -2.06. The average Bonchev–Trinajstić information content (AvgIpc) is 2.79. The van der Waals surface area contributed by atoms with Crippen molar-refractivity contribution in [3.05, 3.63) is 24.0 Å². The van der Waals surface area contributed by atoms with E-state index in [0.29, 0.717) is 30.0 Å². The van der Waals surface area contributed by atoms with Gasteiger partial charge in [-0.3, -0.25) is 0 Å². The highest BCUT2D eigenvalue weighted by Crippen LogP contribution is 2.24. The minimum atomic E-state index is -3.04. The van der Waals surface area contributed by atoms with Crippen LogP contribution >= 0.6 is 0 Å². The largest absolute Gasteiger partial charge is 0.398 e. The lowest BCUT2D eigenvalue weighted by atomic mass is 10.1. The van der Waals surface area contributed by atoms with Crippen molar-refractivity contribution >= 4 is 15.5 Å². The van der Waals surface area contributed by atoms with E-state index in [2.05, 4.69) is 15.5 Å². The summed E-state index contributed by atoms with van der Waals surface area (Å²) in [5.74, 6) is -0.0966. The molecule has 0 atom stereocenters. The Labute approximate surface area is 115 Å². The second kappa shape index (κ2) is 5.53. The lowest BCUT2D eigenvalue weighted by Crippen LogP contribution is -2.10. The molecule has 2 rings (SSSR count). The van der Waals surface area contributed by atoms with E-state index in [-0.39, 0.29) is 5.75 Å². The van der Waals surface area contributed by atoms with Crippen molar-refractivity contribution in [2.75, 3.05) is 17.7 Å². The summed E-state index contributed by atoms with van der Waals surface area (Å²) in [5, 5.41) is 11.1. The molecule has 0 spiro atoms. The quantitative estimate of drug-likeness (QED) is 0.806. The van der Waals surface area contributed by atoms with E-state index < -0.39 is 15.7 Å². The molecule has 0 radical (unpaired) electrons. The predicted molar refractivity (Wildman–Crippen MR) is 72.0 cm³/mol. The number of aromatic nitrogens is 4. The van der Waals surface area contributed by atoms with Gasteiger partial charge in [0.05, 0.1) is 5.75 Å². The van der Waals surface area contributed by atoms with Crippen LogP contribution in [0.25, 0.3) is 11.4 Å². The van der Waals surface area contributed by atoms with Crippen molar-refractivity contribution in [1.82, 2.24) is 20.2 Å². The van der Waals surface area contributed by atoms with E-state index in [4.69, 9.17) is 5.73 Å². The molecule has 1 heterocycles. The summed E-state index contributed by atoms with van der Waals surface area (Å²) < 4.78 is 36.8. The molecule has 7 nitrogen and oxygen atoms in total. The Morgan fingerprint density at radius 2 is 2.15 bits per heavy atom. The third-order valence-corrected chi connectivity index (χ3v) is 3.70. The van der Waals surface area contributed by atoms with Crippen LogP contribution in [0.3, 0.4) is 0 Å². The molecule has 1 aromatic heterocycles. The maximum absolute atomic E-state index is 13.3. The SMILES string of the molecule is CS(=O)(=O)CCCn1nnnc1-c1cc(F)ccc1N. The number of tetrazole rings is 1. The van der Waals surface area contributed by atoms with Gasteiger partial charge < -0.3 is 5.73 Å². The van der Waals surface area contributed by atoms with Crippen molar-refractivity contribution in [3.63, 3.8) is 0 Å². The number of nitrogens with zero attached hydrogens (tertiary/aromatic N) is 4. The molecule has 0 aliphatic heterocycles. The molecule has 0 bridgehead atoms. The maximum Gasteiger partial charge on any atom is 0.184 e. The van der Waals surface area contributed by atoms with Crippen molar-refractivity contribution in [3.8, 4) is 11.4 Å². The first kappa shape index (κ1) is 14.4. The smallest absolute Gasteiger partial charge is 0.184 e. The van der Waals surface area contributed by atoms with Gasteiger partial charge in [-0.15, -0.1) is 5.10 Å². The number of nitrogen functional groups attached to an aromatic ring is 1. The number of benzene rings is 1. The fourth-order valence-electron chi connectivity index (χ4n) is 1.75. The summed E-state index contributed by atoms with van der Waals surface area (Å²) in [6, 6.07) is 3.92. The molecule has 0 fully saturated rings.